The summed E-state index contributed by atoms with van der Waals surface area (Å²) in [7, 11) is 0. The van der Waals surface area contributed by atoms with E-state index < -0.39 is 0 Å². The topological polar surface area (TPSA) is 59.6 Å². The first kappa shape index (κ1) is 17.3. The zero-order valence-electron chi connectivity index (χ0n) is 13.6. The normalized spacial score (nSPS) is 11.7. The van der Waals surface area contributed by atoms with Crippen LogP contribution in [0.15, 0.2) is 29.3 Å². The van der Waals surface area contributed by atoms with Gasteiger partial charge in [0.1, 0.15) is 5.75 Å². The molecule has 0 radical (unpaired) electrons. The number of hydrogen-bond donors (Lipinski definition) is 2. The predicted octanol–water partition coefficient (Wildman–Crippen LogP) is 2.97. The molecule has 0 heterocycles. The first-order valence-corrected chi connectivity index (χ1v) is 7.87. The molecule has 118 valence electrons. The summed E-state index contributed by atoms with van der Waals surface area (Å²) in [5.74, 6) is 2.01. The minimum Gasteiger partial charge on any atom is -0.494 e. The third kappa shape index (κ3) is 8.23. The van der Waals surface area contributed by atoms with Crippen LogP contribution in [0.5, 0.6) is 5.75 Å². The molecule has 0 aliphatic carbocycles. The molecule has 0 aliphatic rings. The number of nitrogens with one attached hydrogen (secondary N) is 1. The number of aliphatic imine (C=N–C) groups is 1. The van der Waals surface area contributed by atoms with Crippen molar-refractivity contribution in [1.29, 1.82) is 0 Å². The van der Waals surface area contributed by atoms with Crippen molar-refractivity contribution in [3.05, 3.63) is 29.8 Å². The van der Waals surface area contributed by atoms with Gasteiger partial charge in [-0.3, -0.25) is 4.99 Å². The minimum atomic E-state index is 0.531. The monoisotopic (exact) mass is 291 g/mol. The predicted molar refractivity (Wildman–Crippen MR) is 89.9 cm³/mol. The molecule has 0 saturated heterocycles. The summed E-state index contributed by atoms with van der Waals surface area (Å²) in [6, 6.07) is 8.26. The van der Waals surface area contributed by atoms with Crippen molar-refractivity contribution >= 4 is 5.96 Å². The fourth-order valence-corrected chi connectivity index (χ4v) is 1.76. The van der Waals surface area contributed by atoms with Crippen LogP contribution in [-0.2, 0) is 6.42 Å². The van der Waals surface area contributed by atoms with Gasteiger partial charge in [0.15, 0.2) is 5.96 Å². The molecule has 4 heteroatoms. The maximum atomic E-state index is 5.80. The quantitative estimate of drug-likeness (QED) is 0.418. The van der Waals surface area contributed by atoms with Gasteiger partial charge in [0, 0.05) is 13.1 Å². The summed E-state index contributed by atoms with van der Waals surface area (Å²) in [5.41, 5.74) is 7.06. The fraction of sp³-hybridized carbons (Fsp3) is 0.588. The third-order valence-electron chi connectivity index (χ3n) is 3.04. The molecule has 1 aromatic rings. The first-order chi connectivity index (χ1) is 10.1. The Hall–Kier alpha value is -1.71. The van der Waals surface area contributed by atoms with Gasteiger partial charge in [0.05, 0.1) is 6.61 Å². The van der Waals surface area contributed by atoms with Crippen molar-refractivity contribution in [2.75, 3.05) is 19.7 Å². The SMILES string of the molecule is CCCCOc1ccc(CCNC(N)=NCC(C)C)cc1. The highest BCUT2D eigenvalue weighted by Gasteiger charge is 1.98. The third-order valence-corrected chi connectivity index (χ3v) is 3.04. The average Bonchev–Trinajstić information content (AvgIpc) is 2.47. The summed E-state index contributed by atoms with van der Waals surface area (Å²) < 4.78 is 5.64. The molecular formula is C17H29N3O. The molecular weight excluding hydrogens is 262 g/mol. The number of rotatable bonds is 9. The summed E-state index contributed by atoms with van der Waals surface area (Å²) in [6.45, 7) is 8.77. The van der Waals surface area contributed by atoms with Crippen LogP contribution in [0.25, 0.3) is 0 Å². The summed E-state index contributed by atoms with van der Waals surface area (Å²) in [6.07, 6.45) is 3.18. The van der Waals surface area contributed by atoms with Crippen molar-refractivity contribution in [2.24, 2.45) is 16.6 Å². The molecule has 0 amide bonds. The molecule has 0 atom stereocenters. The van der Waals surface area contributed by atoms with Gasteiger partial charge in [-0.2, -0.15) is 0 Å². The molecule has 3 N–H and O–H groups in total. The molecule has 0 unspecified atom stereocenters. The molecule has 0 aliphatic heterocycles. The Bertz CT molecular complexity index is 413. The number of ether oxygens (including phenoxy) is 1. The Balaban J connectivity index is 2.27. The van der Waals surface area contributed by atoms with Crippen molar-refractivity contribution < 1.29 is 4.74 Å². The van der Waals surface area contributed by atoms with Crippen LogP contribution in [0.3, 0.4) is 0 Å². The smallest absolute Gasteiger partial charge is 0.188 e. The molecule has 0 bridgehead atoms. The van der Waals surface area contributed by atoms with E-state index in [1.807, 2.05) is 12.1 Å². The van der Waals surface area contributed by atoms with Crippen molar-refractivity contribution in [3.8, 4) is 5.75 Å². The van der Waals surface area contributed by atoms with Crippen LogP contribution in [0.1, 0.15) is 39.2 Å². The highest BCUT2D eigenvalue weighted by Crippen LogP contribution is 2.12. The lowest BCUT2D eigenvalue weighted by Crippen LogP contribution is -2.33. The van der Waals surface area contributed by atoms with Gasteiger partial charge >= 0.3 is 0 Å². The molecule has 1 rings (SSSR count). The maximum absolute atomic E-state index is 5.80. The number of nitrogens with two attached hydrogens (primary N) is 1. The molecule has 0 saturated carbocycles. The van der Waals surface area contributed by atoms with Gasteiger partial charge in [0.25, 0.3) is 0 Å². The van der Waals surface area contributed by atoms with Crippen LogP contribution in [0, 0.1) is 5.92 Å². The van der Waals surface area contributed by atoms with E-state index in [0.29, 0.717) is 11.9 Å². The Morgan fingerprint density at radius 3 is 2.62 bits per heavy atom. The van der Waals surface area contributed by atoms with E-state index in [1.165, 1.54) is 5.56 Å². The van der Waals surface area contributed by atoms with Gasteiger partial charge in [0.2, 0.25) is 0 Å². The Labute approximate surface area is 128 Å². The lowest BCUT2D eigenvalue weighted by atomic mass is 10.1. The van der Waals surface area contributed by atoms with Crippen molar-refractivity contribution in [2.45, 2.75) is 40.0 Å². The molecule has 0 fully saturated rings. The van der Waals surface area contributed by atoms with Gasteiger partial charge in [-0.05, 0) is 36.5 Å². The standard InChI is InChI=1S/C17H29N3O/c1-4-5-12-21-16-8-6-15(7-9-16)10-11-19-17(18)20-13-14(2)3/h6-9,14H,4-5,10-13H2,1-3H3,(H3,18,19,20). The first-order valence-electron chi connectivity index (χ1n) is 7.87. The summed E-state index contributed by atoms with van der Waals surface area (Å²) >= 11 is 0. The lowest BCUT2D eigenvalue weighted by Gasteiger charge is -2.08. The second-order valence-electron chi connectivity index (χ2n) is 5.64. The van der Waals surface area contributed by atoms with Gasteiger partial charge in [-0.15, -0.1) is 0 Å². The lowest BCUT2D eigenvalue weighted by molar-refractivity contribution is 0.309. The van der Waals surface area contributed by atoms with E-state index >= 15 is 0 Å². The average molecular weight is 291 g/mol. The van der Waals surface area contributed by atoms with E-state index in [2.05, 4.69) is 43.2 Å². The van der Waals surface area contributed by atoms with Gasteiger partial charge in [-0.25, -0.2) is 0 Å². The molecule has 21 heavy (non-hydrogen) atoms. The van der Waals surface area contributed by atoms with Crippen molar-refractivity contribution in [1.82, 2.24) is 5.32 Å². The van der Waals surface area contributed by atoms with E-state index in [9.17, 15) is 0 Å². The number of hydrogen-bond acceptors (Lipinski definition) is 2. The minimum absolute atomic E-state index is 0.531. The summed E-state index contributed by atoms with van der Waals surface area (Å²) in [5, 5.41) is 3.14. The molecule has 1 aromatic carbocycles. The second kappa shape index (κ2) is 10.1. The highest BCUT2D eigenvalue weighted by molar-refractivity contribution is 5.77. The van der Waals surface area contributed by atoms with Gasteiger partial charge in [-0.1, -0.05) is 39.3 Å². The molecule has 0 aromatic heterocycles. The van der Waals surface area contributed by atoms with E-state index in [-0.39, 0.29) is 0 Å². The summed E-state index contributed by atoms with van der Waals surface area (Å²) in [4.78, 5) is 4.27. The number of guanidine groups is 1. The number of nitrogens with zero attached hydrogens (tertiary/aromatic N) is 1. The zero-order chi connectivity index (χ0) is 15.5. The van der Waals surface area contributed by atoms with Gasteiger partial charge < -0.3 is 15.8 Å². The molecule has 0 spiro atoms. The Morgan fingerprint density at radius 1 is 1.29 bits per heavy atom. The van der Waals surface area contributed by atoms with Crippen LogP contribution < -0.4 is 15.8 Å². The van der Waals surface area contributed by atoms with E-state index in [0.717, 1.165) is 44.7 Å². The molecule has 4 nitrogen and oxygen atoms in total. The zero-order valence-corrected chi connectivity index (χ0v) is 13.6. The van der Waals surface area contributed by atoms with Crippen LogP contribution in [-0.4, -0.2) is 25.7 Å². The van der Waals surface area contributed by atoms with E-state index in [4.69, 9.17) is 10.5 Å². The van der Waals surface area contributed by atoms with Crippen LogP contribution >= 0.6 is 0 Å². The largest absolute Gasteiger partial charge is 0.494 e. The Morgan fingerprint density at radius 2 is 2.00 bits per heavy atom. The number of benzene rings is 1. The fourth-order valence-electron chi connectivity index (χ4n) is 1.76. The van der Waals surface area contributed by atoms with Crippen LogP contribution in [0.2, 0.25) is 0 Å². The second-order valence-corrected chi connectivity index (χ2v) is 5.64. The van der Waals surface area contributed by atoms with E-state index in [1.54, 1.807) is 0 Å². The number of unbranched alkanes of at least 4 members (excludes halogenated alkanes) is 1. The Kier molecular flexibility index (Phi) is 8.32. The highest BCUT2D eigenvalue weighted by atomic mass is 16.5. The van der Waals surface area contributed by atoms with Crippen molar-refractivity contribution in [3.63, 3.8) is 0 Å². The maximum Gasteiger partial charge on any atom is 0.188 e. The van der Waals surface area contributed by atoms with Crippen LogP contribution in [0.4, 0.5) is 0 Å².